The lowest BCUT2D eigenvalue weighted by atomic mass is 10.1. The number of nitrogens with zero attached hydrogens (tertiary/aromatic N) is 4. The maximum absolute atomic E-state index is 14.0. The number of anilines is 1. The van der Waals surface area contributed by atoms with Crippen LogP contribution in [0.3, 0.4) is 0 Å². The number of carbonyl (C=O) groups excluding carboxylic acids is 1. The molecule has 1 aliphatic rings. The first-order valence-corrected chi connectivity index (χ1v) is 8.41. The number of hydrogen-bond donors (Lipinski definition) is 0. The van der Waals surface area contributed by atoms with Crippen molar-refractivity contribution < 1.29 is 13.9 Å². The average molecular weight is 365 g/mol. The number of ether oxygens (including phenoxy) is 1. The number of rotatable bonds is 3. The van der Waals surface area contributed by atoms with Gasteiger partial charge in [-0.25, -0.2) is 19.2 Å². The van der Waals surface area contributed by atoms with E-state index in [1.165, 1.54) is 6.07 Å². The van der Waals surface area contributed by atoms with Crippen LogP contribution >= 0.6 is 11.6 Å². The number of amides is 1. The van der Waals surface area contributed by atoms with Crippen LogP contribution < -0.4 is 4.90 Å². The van der Waals surface area contributed by atoms with Gasteiger partial charge in [0.1, 0.15) is 5.82 Å². The van der Waals surface area contributed by atoms with Crippen LogP contribution in [0.1, 0.15) is 6.92 Å². The van der Waals surface area contributed by atoms with Crippen LogP contribution in [0.25, 0.3) is 11.1 Å². The molecule has 0 saturated carbocycles. The van der Waals surface area contributed by atoms with Crippen molar-refractivity contribution in [1.82, 2.24) is 14.9 Å². The summed E-state index contributed by atoms with van der Waals surface area (Å²) in [6, 6.07) is 4.53. The molecule has 1 aromatic carbocycles. The Kier molecular flexibility index (Phi) is 5.33. The number of piperazine rings is 1. The van der Waals surface area contributed by atoms with E-state index in [2.05, 4.69) is 9.97 Å². The van der Waals surface area contributed by atoms with Gasteiger partial charge in [-0.05, 0) is 19.1 Å². The molecule has 132 valence electrons. The van der Waals surface area contributed by atoms with E-state index in [4.69, 9.17) is 16.3 Å². The second-order valence-corrected chi connectivity index (χ2v) is 5.95. The largest absolute Gasteiger partial charge is 0.450 e. The number of carbonyl (C=O) groups is 1. The van der Waals surface area contributed by atoms with Crippen LogP contribution in [-0.4, -0.2) is 53.7 Å². The summed E-state index contributed by atoms with van der Waals surface area (Å²) < 4.78 is 19.0. The van der Waals surface area contributed by atoms with E-state index in [9.17, 15) is 9.18 Å². The Morgan fingerprint density at radius 2 is 1.92 bits per heavy atom. The van der Waals surface area contributed by atoms with Crippen molar-refractivity contribution in [2.45, 2.75) is 6.92 Å². The molecule has 0 bridgehead atoms. The van der Waals surface area contributed by atoms with Crippen molar-refractivity contribution >= 4 is 23.6 Å². The van der Waals surface area contributed by atoms with E-state index in [1.807, 2.05) is 4.90 Å². The highest BCUT2D eigenvalue weighted by atomic mass is 35.5. The first kappa shape index (κ1) is 17.4. The average Bonchev–Trinajstić information content (AvgIpc) is 2.62. The second-order valence-electron chi connectivity index (χ2n) is 5.54. The van der Waals surface area contributed by atoms with E-state index in [1.54, 1.807) is 36.4 Å². The lowest BCUT2D eigenvalue weighted by Crippen LogP contribution is -2.49. The molecule has 0 N–H and O–H groups in total. The van der Waals surface area contributed by atoms with Crippen molar-refractivity contribution in [3.05, 3.63) is 41.4 Å². The Bertz CT molecular complexity index is 729. The molecule has 25 heavy (non-hydrogen) atoms. The Balaban J connectivity index is 1.69. The van der Waals surface area contributed by atoms with E-state index in [0.717, 1.165) is 0 Å². The van der Waals surface area contributed by atoms with Crippen molar-refractivity contribution in [2.24, 2.45) is 0 Å². The molecule has 1 aromatic heterocycles. The van der Waals surface area contributed by atoms with Gasteiger partial charge in [0.2, 0.25) is 5.95 Å². The second kappa shape index (κ2) is 7.65. The molecule has 1 saturated heterocycles. The van der Waals surface area contributed by atoms with Gasteiger partial charge >= 0.3 is 6.09 Å². The molecule has 3 rings (SSSR count). The zero-order valence-electron chi connectivity index (χ0n) is 13.8. The minimum absolute atomic E-state index is 0.294. The number of aromatic nitrogens is 2. The van der Waals surface area contributed by atoms with Gasteiger partial charge in [0.25, 0.3) is 0 Å². The summed E-state index contributed by atoms with van der Waals surface area (Å²) in [6.07, 6.45) is 2.82. The molecule has 1 aliphatic heterocycles. The predicted molar refractivity (Wildman–Crippen MR) is 93.2 cm³/mol. The van der Waals surface area contributed by atoms with Gasteiger partial charge < -0.3 is 14.5 Å². The van der Waals surface area contributed by atoms with Crippen molar-refractivity contribution in [3.63, 3.8) is 0 Å². The van der Waals surface area contributed by atoms with Crippen molar-refractivity contribution in [2.75, 3.05) is 37.7 Å². The monoisotopic (exact) mass is 364 g/mol. The van der Waals surface area contributed by atoms with Gasteiger partial charge in [0.15, 0.2) is 0 Å². The molecule has 2 heterocycles. The van der Waals surface area contributed by atoms with Crippen LogP contribution in [0, 0.1) is 5.82 Å². The Morgan fingerprint density at radius 3 is 2.52 bits per heavy atom. The molecule has 0 atom stereocenters. The molecule has 6 nitrogen and oxygen atoms in total. The van der Waals surface area contributed by atoms with Crippen LogP contribution in [0.4, 0.5) is 15.1 Å². The molecule has 0 radical (unpaired) electrons. The number of hydrogen-bond acceptors (Lipinski definition) is 5. The molecule has 1 fully saturated rings. The van der Waals surface area contributed by atoms with Crippen LogP contribution in [-0.2, 0) is 4.74 Å². The smallest absolute Gasteiger partial charge is 0.409 e. The van der Waals surface area contributed by atoms with Gasteiger partial charge in [-0.2, -0.15) is 0 Å². The highest BCUT2D eigenvalue weighted by molar-refractivity contribution is 6.33. The molecular weight excluding hydrogens is 347 g/mol. The maximum atomic E-state index is 14.0. The molecule has 2 aromatic rings. The predicted octanol–water partition coefficient (Wildman–Crippen LogP) is 3.21. The van der Waals surface area contributed by atoms with E-state index in [0.29, 0.717) is 54.9 Å². The highest BCUT2D eigenvalue weighted by Crippen LogP contribution is 2.30. The third kappa shape index (κ3) is 3.82. The van der Waals surface area contributed by atoms with Gasteiger partial charge in [0.05, 0.1) is 11.6 Å². The molecule has 1 amide bonds. The lowest BCUT2D eigenvalue weighted by molar-refractivity contribution is 0.105. The van der Waals surface area contributed by atoms with Crippen LogP contribution in [0.5, 0.6) is 0 Å². The lowest BCUT2D eigenvalue weighted by Gasteiger charge is -2.33. The Morgan fingerprint density at radius 1 is 1.24 bits per heavy atom. The van der Waals surface area contributed by atoms with E-state index in [-0.39, 0.29) is 6.09 Å². The zero-order chi connectivity index (χ0) is 17.8. The Hall–Kier alpha value is -2.41. The summed E-state index contributed by atoms with van der Waals surface area (Å²) in [4.78, 5) is 24.0. The SMILES string of the molecule is CCOC(=O)N1CCN(c2ncc(-c3c(F)cccc3Cl)cn2)CC1. The van der Waals surface area contributed by atoms with Crippen LogP contribution in [0.2, 0.25) is 5.02 Å². The summed E-state index contributed by atoms with van der Waals surface area (Å²) in [5, 5.41) is 0.319. The zero-order valence-corrected chi connectivity index (χ0v) is 14.5. The summed E-state index contributed by atoms with van der Waals surface area (Å²) in [5.41, 5.74) is 0.819. The first-order valence-electron chi connectivity index (χ1n) is 8.03. The van der Waals surface area contributed by atoms with Crippen LogP contribution in [0.15, 0.2) is 30.6 Å². The van der Waals surface area contributed by atoms with Gasteiger partial charge in [-0.3, -0.25) is 0 Å². The van der Waals surface area contributed by atoms with Gasteiger partial charge in [-0.1, -0.05) is 17.7 Å². The van der Waals surface area contributed by atoms with Crippen molar-refractivity contribution in [1.29, 1.82) is 0 Å². The third-order valence-electron chi connectivity index (χ3n) is 3.98. The van der Waals surface area contributed by atoms with Gasteiger partial charge in [0, 0.05) is 49.7 Å². The van der Waals surface area contributed by atoms with E-state index >= 15 is 0 Å². The molecular formula is C17H18ClFN4O2. The summed E-state index contributed by atoms with van der Waals surface area (Å²) in [5.74, 6) is 0.131. The summed E-state index contributed by atoms with van der Waals surface area (Å²) in [6.45, 7) is 4.46. The normalized spacial score (nSPS) is 14.5. The van der Waals surface area contributed by atoms with Gasteiger partial charge in [-0.15, -0.1) is 0 Å². The fourth-order valence-electron chi connectivity index (χ4n) is 2.69. The van der Waals surface area contributed by atoms with Crippen molar-refractivity contribution in [3.8, 4) is 11.1 Å². The number of halogens is 2. The van der Waals surface area contributed by atoms with E-state index < -0.39 is 5.82 Å². The standard InChI is InChI=1S/C17H18ClFN4O2/c1-2-25-17(24)23-8-6-22(7-9-23)16-20-10-12(11-21-16)15-13(18)4-3-5-14(15)19/h3-5,10-11H,2,6-9H2,1H3. The third-order valence-corrected chi connectivity index (χ3v) is 4.29. The molecule has 0 spiro atoms. The first-order chi connectivity index (χ1) is 12.1. The fraction of sp³-hybridized carbons (Fsp3) is 0.353. The molecule has 0 aliphatic carbocycles. The molecule has 0 unspecified atom stereocenters. The minimum atomic E-state index is -0.410. The quantitative estimate of drug-likeness (QED) is 0.837. The minimum Gasteiger partial charge on any atom is -0.450 e. The Labute approximate surface area is 150 Å². The fourth-order valence-corrected chi connectivity index (χ4v) is 2.96. The topological polar surface area (TPSA) is 58.6 Å². The number of benzene rings is 1. The summed E-state index contributed by atoms with van der Waals surface area (Å²) in [7, 11) is 0. The highest BCUT2D eigenvalue weighted by Gasteiger charge is 2.23. The molecule has 8 heteroatoms. The summed E-state index contributed by atoms with van der Waals surface area (Å²) >= 11 is 6.07. The maximum Gasteiger partial charge on any atom is 0.409 e.